The average Bonchev–Trinajstić information content (AvgIpc) is 3.02. The zero-order valence-electron chi connectivity index (χ0n) is 8.38. The van der Waals surface area contributed by atoms with Gasteiger partial charge in [-0.3, -0.25) is 4.79 Å². The molecule has 1 aliphatic heterocycles. The van der Waals surface area contributed by atoms with E-state index in [1.807, 2.05) is 12.1 Å². The third kappa shape index (κ3) is 1.12. The third-order valence-corrected chi connectivity index (χ3v) is 3.39. The maximum Gasteiger partial charge on any atom is 0.307 e. The first-order valence-corrected chi connectivity index (χ1v) is 5.12. The second kappa shape index (κ2) is 2.99. The fraction of sp³-hybridized carbons (Fsp3) is 0.333. The molecule has 1 fully saturated rings. The van der Waals surface area contributed by atoms with Crippen molar-refractivity contribution in [2.75, 3.05) is 6.61 Å². The Hall–Kier alpha value is -2.02. The predicted molar refractivity (Wildman–Crippen MR) is 54.0 cm³/mol. The Balaban J connectivity index is 2.00. The Morgan fingerprint density at radius 1 is 1.56 bits per heavy atom. The quantitative estimate of drug-likeness (QED) is 0.767. The topological polar surface area (TPSA) is 70.3 Å². The van der Waals surface area contributed by atoms with E-state index in [1.165, 1.54) is 0 Å². The van der Waals surface area contributed by atoms with E-state index in [-0.39, 0.29) is 17.8 Å². The van der Waals surface area contributed by atoms with Crippen molar-refractivity contribution in [2.45, 2.75) is 5.92 Å². The van der Waals surface area contributed by atoms with E-state index in [2.05, 4.69) is 0 Å². The van der Waals surface area contributed by atoms with Gasteiger partial charge in [-0.1, -0.05) is 6.07 Å². The number of carbonyl (C=O) groups is 1. The summed E-state index contributed by atoms with van der Waals surface area (Å²) in [4.78, 5) is 11.0. The molecule has 1 N–H and O–H groups in total. The van der Waals surface area contributed by atoms with Crippen molar-refractivity contribution < 1.29 is 14.6 Å². The Morgan fingerprint density at radius 2 is 2.38 bits per heavy atom. The fourth-order valence-electron chi connectivity index (χ4n) is 2.53. The summed E-state index contributed by atoms with van der Waals surface area (Å²) in [5.41, 5.74) is 1.48. The summed E-state index contributed by atoms with van der Waals surface area (Å²) in [6, 6.07) is 7.25. The largest absolute Gasteiger partial charge is 0.493 e. The summed E-state index contributed by atoms with van der Waals surface area (Å²) in [6.45, 7) is 0.448. The molecular weight excluding hydrogens is 206 g/mol. The van der Waals surface area contributed by atoms with Crippen LogP contribution in [0.3, 0.4) is 0 Å². The van der Waals surface area contributed by atoms with Crippen LogP contribution in [0.5, 0.6) is 5.75 Å². The fourth-order valence-corrected chi connectivity index (χ4v) is 2.53. The zero-order valence-corrected chi connectivity index (χ0v) is 8.38. The van der Waals surface area contributed by atoms with E-state index < -0.39 is 5.97 Å². The molecule has 1 heterocycles. The molecule has 0 saturated heterocycles. The van der Waals surface area contributed by atoms with Gasteiger partial charge in [0.25, 0.3) is 0 Å². The highest BCUT2D eigenvalue weighted by Crippen LogP contribution is 2.59. The van der Waals surface area contributed by atoms with Crippen molar-refractivity contribution >= 4 is 5.97 Å². The molecule has 3 atom stereocenters. The molecule has 80 valence electrons. The molecule has 1 aromatic carbocycles. The molecule has 16 heavy (non-hydrogen) atoms. The van der Waals surface area contributed by atoms with Crippen LogP contribution in [0.2, 0.25) is 0 Å². The first-order valence-electron chi connectivity index (χ1n) is 5.12. The molecular formula is C12H9NO3. The number of nitrogens with zero attached hydrogens (tertiary/aromatic N) is 1. The number of ether oxygens (including phenoxy) is 1. The predicted octanol–water partition coefficient (Wildman–Crippen LogP) is 1.36. The van der Waals surface area contributed by atoms with Gasteiger partial charge < -0.3 is 9.84 Å². The average molecular weight is 215 g/mol. The van der Waals surface area contributed by atoms with Gasteiger partial charge in [0.2, 0.25) is 0 Å². The van der Waals surface area contributed by atoms with Crippen molar-refractivity contribution in [3.8, 4) is 11.8 Å². The van der Waals surface area contributed by atoms with Gasteiger partial charge in [0.1, 0.15) is 5.75 Å². The van der Waals surface area contributed by atoms with Crippen molar-refractivity contribution in [3.63, 3.8) is 0 Å². The molecule has 1 saturated carbocycles. The number of carboxylic acids is 1. The molecule has 3 rings (SSSR count). The number of nitriles is 1. The molecule has 0 aromatic heterocycles. The summed E-state index contributed by atoms with van der Waals surface area (Å²) in [5.74, 6) is -0.207. The monoisotopic (exact) mass is 215 g/mol. The first kappa shape index (κ1) is 9.22. The van der Waals surface area contributed by atoms with Gasteiger partial charge in [0.05, 0.1) is 24.2 Å². The number of aliphatic carboxylic acids is 1. The van der Waals surface area contributed by atoms with Gasteiger partial charge in [-0.05, 0) is 17.7 Å². The highest BCUT2D eigenvalue weighted by atomic mass is 16.5. The third-order valence-electron chi connectivity index (χ3n) is 3.39. The van der Waals surface area contributed by atoms with Crippen molar-refractivity contribution in [1.82, 2.24) is 0 Å². The molecule has 1 aromatic rings. The van der Waals surface area contributed by atoms with Gasteiger partial charge >= 0.3 is 5.97 Å². The van der Waals surface area contributed by atoms with E-state index in [0.29, 0.717) is 17.9 Å². The number of rotatable bonds is 1. The molecule has 0 radical (unpaired) electrons. The maximum absolute atomic E-state index is 11.0. The normalized spacial score (nSPS) is 29.3. The Morgan fingerprint density at radius 3 is 3.06 bits per heavy atom. The molecule has 1 unspecified atom stereocenters. The van der Waals surface area contributed by atoms with E-state index >= 15 is 0 Å². The minimum absolute atomic E-state index is 0.0778. The Labute approximate surface area is 92.1 Å². The van der Waals surface area contributed by atoms with Crippen LogP contribution in [0, 0.1) is 23.2 Å². The van der Waals surface area contributed by atoms with E-state index in [9.17, 15) is 4.79 Å². The van der Waals surface area contributed by atoms with E-state index in [1.54, 1.807) is 12.1 Å². The summed E-state index contributed by atoms with van der Waals surface area (Å²) in [5, 5.41) is 17.8. The van der Waals surface area contributed by atoms with E-state index in [0.717, 1.165) is 5.56 Å². The second-order valence-electron chi connectivity index (χ2n) is 4.23. The lowest BCUT2D eigenvalue weighted by Crippen LogP contribution is -2.09. The zero-order chi connectivity index (χ0) is 11.3. The van der Waals surface area contributed by atoms with Crippen molar-refractivity contribution in [2.24, 2.45) is 11.8 Å². The molecule has 4 heteroatoms. The Bertz CT molecular complexity index is 517. The van der Waals surface area contributed by atoms with Gasteiger partial charge in [0.15, 0.2) is 0 Å². The van der Waals surface area contributed by atoms with Crippen LogP contribution in [-0.4, -0.2) is 17.7 Å². The van der Waals surface area contributed by atoms with Crippen molar-refractivity contribution in [3.05, 3.63) is 29.3 Å². The van der Waals surface area contributed by atoms with Gasteiger partial charge in [0, 0.05) is 11.8 Å². The molecule has 2 aliphatic rings. The van der Waals surface area contributed by atoms with Gasteiger partial charge in [-0.25, -0.2) is 0 Å². The van der Waals surface area contributed by atoms with Crippen LogP contribution in [0.25, 0.3) is 0 Å². The minimum atomic E-state index is -0.754. The number of hydrogen-bond donors (Lipinski definition) is 1. The summed E-state index contributed by atoms with van der Waals surface area (Å²) < 4.78 is 5.49. The molecule has 0 spiro atoms. The van der Waals surface area contributed by atoms with Crippen LogP contribution in [0.15, 0.2) is 18.2 Å². The molecule has 0 bridgehead atoms. The lowest BCUT2D eigenvalue weighted by molar-refractivity contribution is -0.139. The number of fused-ring (bicyclic) bond motifs is 3. The lowest BCUT2D eigenvalue weighted by atomic mass is 10.0. The van der Waals surface area contributed by atoms with Crippen LogP contribution in [0.4, 0.5) is 0 Å². The standard InChI is InChI=1S/C12H9NO3/c13-4-6-1-2-7-9(3-6)16-5-8-10(7)11(8)12(14)15/h1-3,8,10-11H,5H2,(H,14,15)/t8-,10+,11?/m0/s1. The molecule has 0 amide bonds. The minimum Gasteiger partial charge on any atom is -0.493 e. The van der Waals surface area contributed by atoms with E-state index in [4.69, 9.17) is 15.1 Å². The van der Waals surface area contributed by atoms with Gasteiger partial charge in [-0.2, -0.15) is 5.26 Å². The van der Waals surface area contributed by atoms with Crippen molar-refractivity contribution in [1.29, 1.82) is 5.26 Å². The highest BCUT2D eigenvalue weighted by molar-refractivity contribution is 5.77. The van der Waals surface area contributed by atoms with Crippen LogP contribution < -0.4 is 4.74 Å². The van der Waals surface area contributed by atoms with Crippen LogP contribution in [0.1, 0.15) is 17.0 Å². The highest BCUT2D eigenvalue weighted by Gasteiger charge is 2.58. The summed E-state index contributed by atoms with van der Waals surface area (Å²) in [6.07, 6.45) is 0. The van der Waals surface area contributed by atoms with Crippen LogP contribution in [-0.2, 0) is 4.79 Å². The molecule has 4 nitrogen and oxygen atoms in total. The number of benzene rings is 1. The lowest BCUT2D eigenvalue weighted by Gasteiger charge is -2.15. The van der Waals surface area contributed by atoms with Crippen LogP contribution >= 0.6 is 0 Å². The van der Waals surface area contributed by atoms with Gasteiger partial charge in [-0.15, -0.1) is 0 Å². The summed E-state index contributed by atoms with van der Waals surface area (Å²) in [7, 11) is 0. The molecule has 1 aliphatic carbocycles. The number of carboxylic acid groups (broad SMARTS) is 1. The summed E-state index contributed by atoms with van der Waals surface area (Å²) >= 11 is 0. The first-order chi connectivity index (χ1) is 7.72. The maximum atomic E-state index is 11.0. The number of hydrogen-bond acceptors (Lipinski definition) is 3. The second-order valence-corrected chi connectivity index (χ2v) is 4.23. The Kier molecular flexibility index (Phi) is 1.72. The smallest absolute Gasteiger partial charge is 0.307 e. The SMILES string of the molecule is N#Cc1ccc2c(c1)OC[C@@H]1C(C(=O)O)[C@H]21.